The van der Waals surface area contributed by atoms with Gasteiger partial charge in [0.25, 0.3) is 5.56 Å². The molecule has 0 unspecified atom stereocenters. The topological polar surface area (TPSA) is 65.6 Å². The van der Waals surface area contributed by atoms with Gasteiger partial charge < -0.3 is 9.30 Å². The number of esters is 1. The van der Waals surface area contributed by atoms with E-state index < -0.39 is 12.0 Å². The van der Waals surface area contributed by atoms with Crippen LogP contribution in [0, 0.1) is 13.8 Å². The largest absolute Gasteiger partial charge is 0.463 e. The first-order valence-corrected chi connectivity index (χ1v) is 15.3. The zero-order valence-electron chi connectivity index (χ0n) is 23.7. The van der Waals surface area contributed by atoms with Crippen LogP contribution in [-0.4, -0.2) is 21.7 Å². The molecule has 43 heavy (non-hydrogen) atoms. The Balaban J connectivity index is 1.60. The molecule has 3 aromatic carbocycles. The average Bonchev–Trinajstić information content (AvgIpc) is 3.46. The number of fused-ring (bicyclic) bond motifs is 1. The van der Waals surface area contributed by atoms with E-state index in [-0.39, 0.29) is 12.2 Å². The molecule has 3 heterocycles. The fourth-order valence-electron chi connectivity index (χ4n) is 5.49. The summed E-state index contributed by atoms with van der Waals surface area (Å²) in [4.78, 5) is 33.2. The van der Waals surface area contributed by atoms with Crippen molar-refractivity contribution in [1.82, 2.24) is 9.13 Å². The minimum atomic E-state index is -0.760. The number of halogens is 2. The molecule has 0 bridgehead atoms. The van der Waals surface area contributed by atoms with Gasteiger partial charge in [-0.2, -0.15) is 0 Å². The Morgan fingerprint density at radius 1 is 0.977 bits per heavy atom. The molecular formula is C34H27Cl2N3O3S. The van der Waals surface area contributed by atoms with E-state index in [1.54, 1.807) is 23.6 Å². The van der Waals surface area contributed by atoms with Crippen LogP contribution in [0.1, 0.15) is 41.0 Å². The minimum Gasteiger partial charge on any atom is -0.463 e. The lowest BCUT2D eigenvalue weighted by Gasteiger charge is -2.25. The first kappa shape index (κ1) is 28.9. The monoisotopic (exact) mass is 627 g/mol. The van der Waals surface area contributed by atoms with Crippen LogP contribution in [0.15, 0.2) is 100 Å². The summed E-state index contributed by atoms with van der Waals surface area (Å²) in [7, 11) is 0. The van der Waals surface area contributed by atoms with E-state index in [0.29, 0.717) is 30.6 Å². The van der Waals surface area contributed by atoms with Crippen LogP contribution in [0.25, 0.3) is 17.5 Å². The van der Waals surface area contributed by atoms with Crippen molar-refractivity contribution in [3.05, 3.63) is 148 Å². The zero-order chi connectivity index (χ0) is 30.2. The molecule has 1 aliphatic rings. The Morgan fingerprint density at radius 3 is 2.42 bits per heavy atom. The lowest BCUT2D eigenvalue weighted by Crippen LogP contribution is -2.40. The molecule has 0 amide bonds. The molecule has 0 N–H and O–H groups in total. The van der Waals surface area contributed by atoms with Gasteiger partial charge >= 0.3 is 5.97 Å². The fraction of sp³-hybridized carbons (Fsp3) is 0.147. The fourth-order valence-corrected chi connectivity index (χ4v) is 6.79. The van der Waals surface area contributed by atoms with E-state index in [2.05, 4.69) is 4.57 Å². The number of aryl methyl sites for hydroxylation is 1. The van der Waals surface area contributed by atoms with Gasteiger partial charge in [0, 0.05) is 32.7 Å². The van der Waals surface area contributed by atoms with Crippen molar-refractivity contribution in [3.63, 3.8) is 0 Å². The molecule has 2 aromatic heterocycles. The van der Waals surface area contributed by atoms with Crippen molar-refractivity contribution in [1.29, 1.82) is 0 Å². The number of carbonyl (C=O) groups is 1. The van der Waals surface area contributed by atoms with Gasteiger partial charge in [-0.1, -0.05) is 83.1 Å². The third-order valence-corrected chi connectivity index (χ3v) is 8.85. The van der Waals surface area contributed by atoms with Crippen molar-refractivity contribution in [2.24, 2.45) is 4.99 Å². The maximum absolute atomic E-state index is 14.2. The summed E-state index contributed by atoms with van der Waals surface area (Å²) < 4.78 is 9.74. The van der Waals surface area contributed by atoms with Gasteiger partial charge in [-0.25, -0.2) is 9.79 Å². The molecule has 0 saturated carbocycles. The summed E-state index contributed by atoms with van der Waals surface area (Å²) in [6.07, 6.45) is 1.89. The van der Waals surface area contributed by atoms with Crippen molar-refractivity contribution >= 4 is 52.3 Å². The standard InChI is InChI=1S/C34H27Cl2N3O3S/c1-4-42-33(41)29-30(22-9-6-5-7-10-22)37-34-39(31(29)23-13-15-25(35)16-14-23)32(40)28(43-34)18-24-17-20(2)38(21(24)3)27-12-8-11-26(36)19-27/h5-19,31H,4H2,1-3H3/b28-18+/t31-/m0/s1. The molecule has 0 saturated heterocycles. The van der Waals surface area contributed by atoms with Crippen LogP contribution in [0.4, 0.5) is 0 Å². The minimum absolute atomic E-state index is 0.185. The second-order valence-corrected chi connectivity index (χ2v) is 12.0. The highest BCUT2D eigenvalue weighted by Gasteiger charge is 2.35. The summed E-state index contributed by atoms with van der Waals surface area (Å²) in [5, 5.41) is 1.20. The smallest absolute Gasteiger partial charge is 0.338 e. The number of aromatic nitrogens is 2. The molecule has 1 aliphatic heterocycles. The third kappa shape index (κ3) is 5.40. The van der Waals surface area contributed by atoms with E-state index >= 15 is 0 Å². The Bertz CT molecular complexity index is 2070. The Hall–Kier alpha value is -4.17. The number of nitrogens with zero attached hydrogens (tertiary/aromatic N) is 3. The number of hydrogen-bond donors (Lipinski definition) is 0. The van der Waals surface area contributed by atoms with Crippen LogP contribution in [0.3, 0.4) is 0 Å². The highest BCUT2D eigenvalue weighted by atomic mass is 35.5. The van der Waals surface area contributed by atoms with Gasteiger partial charge in [0.15, 0.2) is 4.80 Å². The predicted octanol–water partition coefficient (Wildman–Crippen LogP) is 6.65. The second kappa shape index (κ2) is 11.8. The molecular weight excluding hydrogens is 601 g/mol. The van der Waals surface area contributed by atoms with Gasteiger partial charge in [0.05, 0.1) is 28.5 Å². The van der Waals surface area contributed by atoms with Crippen LogP contribution >= 0.6 is 34.5 Å². The van der Waals surface area contributed by atoms with Crippen molar-refractivity contribution in [2.75, 3.05) is 6.61 Å². The second-order valence-electron chi connectivity index (χ2n) is 10.1. The highest BCUT2D eigenvalue weighted by molar-refractivity contribution is 7.07. The maximum Gasteiger partial charge on any atom is 0.338 e. The Morgan fingerprint density at radius 2 is 1.72 bits per heavy atom. The Labute approximate surface area is 262 Å². The van der Waals surface area contributed by atoms with Gasteiger partial charge in [0.1, 0.15) is 0 Å². The quantitative estimate of drug-likeness (QED) is 0.198. The average molecular weight is 629 g/mol. The maximum atomic E-state index is 14.2. The van der Waals surface area contributed by atoms with Crippen LogP contribution < -0.4 is 14.9 Å². The van der Waals surface area contributed by atoms with Gasteiger partial charge in [0.2, 0.25) is 0 Å². The molecule has 0 spiro atoms. The van der Waals surface area contributed by atoms with Gasteiger partial charge in [-0.05, 0) is 74.4 Å². The molecule has 6 rings (SSSR count). The van der Waals surface area contributed by atoms with E-state index in [4.69, 9.17) is 32.9 Å². The molecule has 0 aliphatic carbocycles. The predicted molar refractivity (Wildman–Crippen MR) is 173 cm³/mol. The third-order valence-electron chi connectivity index (χ3n) is 7.38. The SMILES string of the molecule is CCOC(=O)C1=C(c2ccccc2)N=c2s/c(=C/c3cc(C)n(-c4cccc(Cl)c4)c3C)c(=O)n2[C@H]1c1ccc(Cl)cc1. The number of rotatable bonds is 6. The van der Waals surface area contributed by atoms with Crippen molar-refractivity contribution in [2.45, 2.75) is 26.8 Å². The molecule has 6 nitrogen and oxygen atoms in total. The van der Waals surface area contributed by atoms with E-state index in [0.717, 1.165) is 33.8 Å². The molecule has 0 fully saturated rings. The van der Waals surface area contributed by atoms with Gasteiger partial charge in [-0.15, -0.1) is 0 Å². The zero-order valence-corrected chi connectivity index (χ0v) is 26.0. The van der Waals surface area contributed by atoms with E-state index in [1.807, 2.05) is 92.7 Å². The number of hydrogen-bond acceptors (Lipinski definition) is 5. The first-order chi connectivity index (χ1) is 20.8. The van der Waals surface area contributed by atoms with Crippen molar-refractivity contribution < 1.29 is 9.53 Å². The Kier molecular flexibility index (Phi) is 7.97. The van der Waals surface area contributed by atoms with E-state index in [9.17, 15) is 9.59 Å². The molecule has 1 atom stereocenters. The number of ether oxygens (including phenoxy) is 1. The highest BCUT2D eigenvalue weighted by Crippen LogP contribution is 2.35. The van der Waals surface area contributed by atoms with E-state index in [1.165, 1.54) is 11.3 Å². The van der Waals surface area contributed by atoms with Gasteiger partial charge in [-0.3, -0.25) is 9.36 Å². The normalized spacial score (nSPS) is 14.9. The molecule has 9 heteroatoms. The summed E-state index contributed by atoms with van der Waals surface area (Å²) in [6, 6.07) is 25.6. The summed E-state index contributed by atoms with van der Waals surface area (Å²) in [5.74, 6) is -0.524. The lowest BCUT2D eigenvalue weighted by molar-refractivity contribution is -0.138. The summed E-state index contributed by atoms with van der Waals surface area (Å²) in [5.41, 5.74) is 5.84. The van der Waals surface area contributed by atoms with Crippen molar-refractivity contribution in [3.8, 4) is 5.69 Å². The van der Waals surface area contributed by atoms with Crippen LogP contribution in [0.2, 0.25) is 10.0 Å². The number of thiazole rings is 1. The van der Waals surface area contributed by atoms with Crippen LogP contribution in [0.5, 0.6) is 0 Å². The molecule has 5 aromatic rings. The van der Waals surface area contributed by atoms with Crippen LogP contribution in [-0.2, 0) is 9.53 Å². The molecule has 0 radical (unpaired) electrons. The summed E-state index contributed by atoms with van der Waals surface area (Å²) in [6.45, 7) is 5.97. The number of benzene rings is 3. The summed E-state index contributed by atoms with van der Waals surface area (Å²) >= 11 is 13.8. The lowest BCUT2D eigenvalue weighted by atomic mass is 9.93. The molecule has 216 valence electrons. The number of carbonyl (C=O) groups excluding carboxylic acids is 1. The first-order valence-electron chi connectivity index (χ1n) is 13.8.